The highest BCUT2D eigenvalue weighted by atomic mass is 16.1. The van der Waals surface area contributed by atoms with Crippen LogP contribution in [0.25, 0.3) is 0 Å². The minimum Gasteiger partial charge on any atom is -0.305 e. The van der Waals surface area contributed by atoms with Gasteiger partial charge in [-0.25, -0.2) is 0 Å². The van der Waals surface area contributed by atoms with Crippen molar-refractivity contribution in [3.8, 4) is 0 Å². The molecule has 0 aliphatic rings. The van der Waals surface area contributed by atoms with E-state index in [4.69, 9.17) is 0 Å². The summed E-state index contributed by atoms with van der Waals surface area (Å²) >= 11 is 0. The van der Waals surface area contributed by atoms with E-state index in [1.807, 2.05) is 0 Å². The number of rotatable bonds is 7. The number of carbonyl (C=O) groups is 1. The number of hydrogen-bond acceptors (Lipinski definition) is 2. The van der Waals surface area contributed by atoms with Crippen molar-refractivity contribution in [3.63, 3.8) is 0 Å². The van der Waals surface area contributed by atoms with Crippen LogP contribution in [0, 0.1) is 17.3 Å². The van der Waals surface area contributed by atoms with Crippen LogP contribution in [-0.2, 0) is 4.79 Å². The average molecular weight is 241 g/mol. The number of Topliss-reactive ketones (excluding diaryl/α,β-unsaturated/α-hetero) is 1. The smallest absolute Gasteiger partial charge is 0.152 e. The van der Waals surface area contributed by atoms with Crippen LogP contribution in [0.1, 0.15) is 61.8 Å². The molecular weight excluding hydrogens is 210 g/mol. The second kappa shape index (κ2) is 5.99. The van der Waals surface area contributed by atoms with Gasteiger partial charge in [0.1, 0.15) is 0 Å². The molecule has 0 aromatic carbocycles. The maximum absolute atomic E-state index is 12.3. The second-order valence-corrected chi connectivity index (χ2v) is 6.58. The topological polar surface area (TPSA) is 29.1 Å². The summed E-state index contributed by atoms with van der Waals surface area (Å²) in [6.45, 7) is 17.6. The predicted octanol–water partition coefficient (Wildman–Crippen LogP) is 3.65. The molecule has 1 N–H and O–H groups in total. The molecule has 0 amide bonds. The Hall–Kier alpha value is -0.370. The maximum atomic E-state index is 12.3. The third kappa shape index (κ3) is 4.09. The second-order valence-electron chi connectivity index (χ2n) is 6.58. The summed E-state index contributed by atoms with van der Waals surface area (Å²) in [5, 5.41) is 3.40. The van der Waals surface area contributed by atoms with Gasteiger partial charge < -0.3 is 5.32 Å². The van der Waals surface area contributed by atoms with Crippen molar-refractivity contribution < 1.29 is 4.79 Å². The molecule has 0 aromatic rings. The molecule has 0 rings (SSSR count). The highest BCUT2D eigenvalue weighted by molar-refractivity contribution is 5.86. The molecule has 0 aliphatic carbocycles. The summed E-state index contributed by atoms with van der Waals surface area (Å²) < 4.78 is 0. The Balaban J connectivity index is 4.56. The van der Waals surface area contributed by atoms with E-state index in [1.165, 1.54) is 0 Å². The summed E-state index contributed by atoms with van der Waals surface area (Å²) in [5.74, 6) is 1.25. The molecule has 1 atom stereocenters. The Morgan fingerprint density at radius 1 is 1.06 bits per heavy atom. The van der Waals surface area contributed by atoms with Gasteiger partial charge in [0, 0.05) is 11.0 Å². The molecule has 1 unspecified atom stereocenters. The Morgan fingerprint density at radius 2 is 1.53 bits per heavy atom. The van der Waals surface area contributed by atoms with Gasteiger partial charge >= 0.3 is 0 Å². The number of nitrogens with one attached hydrogen (secondary N) is 1. The number of ketones is 1. The highest BCUT2D eigenvalue weighted by Crippen LogP contribution is 2.31. The first kappa shape index (κ1) is 16.6. The van der Waals surface area contributed by atoms with Crippen molar-refractivity contribution in [2.75, 3.05) is 6.54 Å². The van der Waals surface area contributed by atoms with Crippen LogP contribution >= 0.6 is 0 Å². The van der Waals surface area contributed by atoms with Gasteiger partial charge in [0.05, 0.1) is 6.54 Å². The zero-order valence-electron chi connectivity index (χ0n) is 13.0. The lowest BCUT2D eigenvalue weighted by molar-refractivity contribution is -0.130. The van der Waals surface area contributed by atoms with Crippen molar-refractivity contribution >= 4 is 5.78 Å². The molecule has 0 bridgehead atoms. The van der Waals surface area contributed by atoms with Crippen molar-refractivity contribution in [2.45, 2.75) is 67.3 Å². The summed E-state index contributed by atoms with van der Waals surface area (Å²) in [5.41, 5.74) is -0.179. The highest BCUT2D eigenvalue weighted by Gasteiger charge is 2.35. The first-order valence-corrected chi connectivity index (χ1v) is 6.86. The van der Waals surface area contributed by atoms with E-state index < -0.39 is 0 Å². The van der Waals surface area contributed by atoms with Crippen LogP contribution in [0.5, 0.6) is 0 Å². The predicted molar refractivity (Wildman–Crippen MR) is 75.2 cm³/mol. The minimum atomic E-state index is -0.194. The molecule has 0 aliphatic heterocycles. The number of hydrogen-bond donors (Lipinski definition) is 1. The summed E-state index contributed by atoms with van der Waals surface area (Å²) in [4.78, 5) is 12.3. The summed E-state index contributed by atoms with van der Waals surface area (Å²) in [7, 11) is 0. The van der Waals surface area contributed by atoms with E-state index in [0.29, 0.717) is 24.2 Å². The van der Waals surface area contributed by atoms with Gasteiger partial charge in [-0.15, -0.1) is 0 Å². The van der Waals surface area contributed by atoms with E-state index in [1.54, 1.807) is 0 Å². The fourth-order valence-corrected chi connectivity index (χ4v) is 1.64. The minimum absolute atomic E-state index is 0.0152. The third-order valence-electron chi connectivity index (χ3n) is 4.79. The Morgan fingerprint density at radius 3 is 1.82 bits per heavy atom. The number of carbonyl (C=O) groups excluding carboxylic acids is 1. The average Bonchev–Trinajstić information content (AvgIpc) is 2.24. The fourth-order valence-electron chi connectivity index (χ4n) is 1.64. The third-order valence-corrected chi connectivity index (χ3v) is 4.79. The van der Waals surface area contributed by atoms with Crippen molar-refractivity contribution in [3.05, 3.63) is 0 Å². The van der Waals surface area contributed by atoms with Crippen molar-refractivity contribution in [2.24, 2.45) is 17.3 Å². The lowest BCUT2D eigenvalue weighted by Crippen LogP contribution is -2.49. The zero-order valence-corrected chi connectivity index (χ0v) is 13.0. The SMILES string of the molecule is CCC(C)(C(=O)CNC(C)(C)C(C)C)C(C)C. The molecule has 0 radical (unpaired) electrons. The molecule has 0 aromatic heterocycles. The molecule has 2 nitrogen and oxygen atoms in total. The van der Waals surface area contributed by atoms with Crippen LogP contribution in [0.4, 0.5) is 0 Å². The molecule has 17 heavy (non-hydrogen) atoms. The van der Waals surface area contributed by atoms with Gasteiger partial charge in [-0.05, 0) is 32.1 Å². The summed E-state index contributed by atoms with van der Waals surface area (Å²) in [6, 6.07) is 0. The quantitative estimate of drug-likeness (QED) is 0.737. The molecule has 102 valence electrons. The van der Waals surface area contributed by atoms with E-state index >= 15 is 0 Å². The fraction of sp³-hybridized carbons (Fsp3) is 0.933. The van der Waals surface area contributed by atoms with Crippen LogP contribution in [0.15, 0.2) is 0 Å². The Bertz CT molecular complexity index is 256. The van der Waals surface area contributed by atoms with Gasteiger partial charge in [0.2, 0.25) is 0 Å². The van der Waals surface area contributed by atoms with Crippen LogP contribution in [0.2, 0.25) is 0 Å². The van der Waals surface area contributed by atoms with E-state index in [-0.39, 0.29) is 11.0 Å². The lowest BCUT2D eigenvalue weighted by Gasteiger charge is -2.35. The van der Waals surface area contributed by atoms with Crippen molar-refractivity contribution in [1.29, 1.82) is 0 Å². The Kier molecular flexibility index (Phi) is 5.86. The standard InChI is InChI=1S/C15H31NO/c1-9-15(8,12(4)5)13(17)10-16-14(6,7)11(2)3/h11-12,16H,9-10H2,1-8H3. The zero-order chi connectivity index (χ0) is 13.9. The maximum Gasteiger partial charge on any atom is 0.152 e. The van der Waals surface area contributed by atoms with E-state index in [9.17, 15) is 4.79 Å². The van der Waals surface area contributed by atoms with Crippen LogP contribution in [-0.4, -0.2) is 17.9 Å². The van der Waals surface area contributed by atoms with Crippen LogP contribution < -0.4 is 5.32 Å². The molecule has 0 saturated carbocycles. The molecule has 0 spiro atoms. The first-order valence-electron chi connectivity index (χ1n) is 6.86. The van der Waals surface area contributed by atoms with E-state index in [0.717, 1.165) is 6.42 Å². The first-order chi connectivity index (χ1) is 7.58. The van der Waals surface area contributed by atoms with Gasteiger partial charge in [0.25, 0.3) is 0 Å². The molecule has 0 fully saturated rings. The van der Waals surface area contributed by atoms with Crippen LogP contribution in [0.3, 0.4) is 0 Å². The lowest BCUT2D eigenvalue weighted by atomic mass is 9.73. The molecule has 0 saturated heterocycles. The molecular formula is C15H31NO. The molecule has 2 heteroatoms. The molecule has 0 heterocycles. The van der Waals surface area contributed by atoms with Gasteiger partial charge in [-0.1, -0.05) is 41.5 Å². The monoisotopic (exact) mass is 241 g/mol. The van der Waals surface area contributed by atoms with Crippen molar-refractivity contribution in [1.82, 2.24) is 5.32 Å². The van der Waals surface area contributed by atoms with Gasteiger partial charge in [-0.2, -0.15) is 0 Å². The normalized spacial score (nSPS) is 16.4. The van der Waals surface area contributed by atoms with E-state index in [2.05, 4.69) is 60.7 Å². The Labute approximate surface area is 108 Å². The van der Waals surface area contributed by atoms with Gasteiger partial charge in [0.15, 0.2) is 5.78 Å². The largest absolute Gasteiger partial charge is 0.305 e. The summed E-state index contributed by atoms with van der Waals surface area (Å²) in [6.07, 6.45) is 0.910. The van der Waals surface area contributed by atoms with Gasteiger partial charge in [-0.3, -0.25) is 4.79 Å².